The molecule has 0 radical (unpaired) electrons. The molecule has 4 rings (SSSR count). The maximum atomic E-state index is 12.6. The van der Waals surface area contributed by atoms with Gasteiger partial charge in [0.15, 0.2) is 5.58 Å². The van der Waals surface area contributed by atoms with E-state index < -0.39 is 15.8 Å². The lowest BCUT2D eigenvalue weighted by Crippen LogP contribution is -2.71. The molecule has 1 spiro atoms. The molecule has 0 unspecified atom stereocenters. The lowest BCUT2D eigenvalue weighted by Gasteiger charge is -2.58. The summed E-state index contributed by atoms with van der Waals surface area (Å²) in [5, 5.41) is 0. The largest absolute Gasteiger partial charge is 0.419 e. The molecule has 2 aliphatic heterocycles. The summed E-state index contributed by atoms with van der Waals surface area (Å²) < 4.78 is 33.2. The zero-order valence-electron chi connectivity index (χ0n) is 12.4. The summed E-state index contributed by atoms with van der Waals surface area (Å²) in [5.41, 5.74) is 1.03. The molecule has 1 aromatic heterocycles. The molecule has 0 aliphatic carbocycles. The number of fused-ring (bicyclic) bond motifs is 1. The summed E-state index contributed by atoms with van der Waals surface area (Å²) >= 11 is 0. The number of hydrogen-bond acceptors (Lipinski definition) is 5. The molecule has 2 aromatic rings. The third-order valence-electron chi connectivity index (χ3n) is 4.64. The lowest BCUT2D eigenvalue weighted by molar-refractivity contribution is -0.0672. The van der Waals surface area contributed by atoms with E-state index in [0.717, 1.165) is 13.1 Å². The lowest BCUT2D eigenvalue weighted by atomic mass is 9.75. The minimum absolute atomic E-state index is 0.144. The highest BCUT2D eigenvalue weighted by Gasteiger charge is 2.54. The van der Waals surface area contributed by atoms with Crippen LogP contribution in [0.1, 0.15) is 0 Å². The van der Waals surface area contributed by atoms with Crippen molar-refractivity contribution in [3.05, 3.63) is 28.7 Å². The average Bonchev–Trinajstić information content (AvgIpc) is 2.67. The maximum Gasteiger partial charge on any atom is 0.419 e. The van der Waals surface area contributed by atoms with Crippen molar-refractivity contribution in [3.8, 4) is 0 Å². The number of benzene rings is 1. The Balaban J connectivity index is 1.65. The molecule has 7 nitrogen and oxygen atoms in total. The van der Waals surface area contributed by atoms with E-state index in [1.165, 1.54) is 21.0 Å². The topological polar surface area (TPSA) is 75.8 Å². The molecular weight excluding hydrogens is 306 g/mol. The molecule has 22 heavy (non-hydrogen) atoms. The summed E-state index contributed by atoms with van der Waals surface area (Å²) in [6.07, 6.45) is 0. The number of sulfonamides is 1. The number of hydrogen-bond donors (Lipinski definition) is 0. The van der Waals surface area contributed by atoms with Crippen molar-refractivity contribution in [1.82, 2.24) is 13.8 Å². The van der Waals surface area contributed by atoms with E-state index >= 15 is 0 Å². The van der Waals surface area contributed by atoms with Crippen LogP contribution in [0.25, 0.3) is 11.1 Å². The number of aryl methyl sites for hydroxylation is 1. The van der Waals surface area contributed by atoms with Gasteiger partial charge in [-0.3, -0.25) is 4.57 Å². The van der Waals surface area contributed by atoms with E-state index in [4.69, 9.17) is 4.42 Å². The zero-order valence-corrected chi connectivity index (χ0v) is 13.3. The van der Waals surface area contributed by atoms with Gasteiger partial charge >= 0.3 is 5.76 Å². The van der Waals surface area contributed by atoms with Gasteiger partial charge in [-0.2, -0.15) is 4.31 Å². The maximum absolute atomic E-state index is 12.6. The van der Waals surface area contributed by atoms with Gasteiger partial charge in [-0.15, -0.1) is 0 Å². The van der Waals surface area contributed by atoms with Crippen LogP contribution < -0.4 is 5.76 Å². The second kappa shape index (κ2) is 4.21. The average molecular weight is 323 g/mol. The Morgan fingerprint density at radius 3 is 2.45 bits per heavy atom. The van der Waals surface area contributed by atoms with Crippen molar-refractivity contribution in [2.45, 2.75) is 4.90 Å². The quantitative estimate of drug-likeness (QED) is 0.782. The summed E-state index contributed by atoms with van der Waals surface area (Å²) in [4.78, 5) is 13.9. The predicted octanol–water partition coefficient (Wildman–Crippen LogP) is 0.0676. The van der Waals surface area contributed by atoms with Gasteiger partial charge in [-0.1, -0.05) is 0 Å². The smallest absolute Gasteiger partial charge is 0.408 e. The molecular formula is C14H17N3O4S. The Morgan fingerprint density at radius 1 is 1.14 bits per heavy atom. The van der Waals surface area contributed by atoms with Gasteiger partial charge in [0.25, 0.3) is 0 Å². The van der Waals surface area contributed by atoms with E-state index in [1.807, 2.05) is 7.05 Å². The normalized spacial score (nSPS) is 21.9. The Labute approximate surface area is 127 Å². The van der Waals surface area contributed by atoms with Crippen molar-refractivity contribution in [2.24, 2.45) is 12.5 Å². The van der Waals surface area contributed by atoms with E-state index in [2.05, 4.69) is 4.90 Å². The molecule has 1 aromatic carbocycles. The SMILES string of the molecule is CN1CC2(C1)CN(S(=O)(=O)c1ccc3c(c1)oc(=O)n3C)C2. The van der Waals surface area contributed by atoms with Crippen molar-refractivity contribution in [3.63, 3.8) is 0 Å². The minimum Gasteiger partial charge on any atom is -0.408 e. The van der Waals surface area contributed by atoms with E-state index in [1.54, 1.807) is 13.1 Å². The second-order valence-electron chi connectivity index (χ2n) is 6.50. The van der Waals surface area contributed by atoms with Gasteiger partial charge in [0.1, 0.15) is 0 Å². The zero-order chi connectivity index (χ0) is 15.7. The Bertz CT molecular complexity index is 913. The first-order valence-corrected chi connectivity index (χ1v) is 8.53. The van der Waals surface area contributed by atoms with Crippen molar-refractivity contribution in [1.29, 1.82) is 0 Å². The van der Waals surface area contributed by atoms with Gasteiger partial charge in [-0.05, 0) is 19.2 Å². The van der Waals surface area contributed by atoms with Gasteiger partial charge in [0, 0.05) is 44.7 Å². The van der Waals surface area contributed by atoms with Gasteiger partial charge in [0.2, 0.25) is 10.0 Å². The number of likely N-dealkylation sites (tertiary alicyclic amines) is 1. The Morgan fingerprint density at radius 2 is 1.82 bits per heavy atom. The van der Waals surface area contributed by atoms with Crippen LogP contribution in [0.5, 0.6) is 0 Å². The number of oxazole rings is 1. The number of rotatable bonds is 2. The van der Waals surface area contributed by atoms with Gasteiger partial charge < -0.3 is 9.32 Å². The monoisotopic (exact) mass is 323 g/mol. The molecule has 3 heterocycles. The predicted molar refractivity (Wildman–Crippen MR) is 80.1 cm³/mol. The second-order valence-corrected chi connectivity index (χ2v) is 8.44. The fourth-order valence-corrected chi connectivity index (χ4v) is 5.28. The van der Waals surface area contributed by atoms with Crippen LogP contribution in [0.15, 0.2) is 32.3 Å². The van der Waals surface area contributed by atoms with Crippen molar-refractivity contribution < 1.29 is 12.8 Å². The van der Waals surface area contributed by atoms with Crippen LogP contribution in [0.4, 0.5) is 0 Å². The first kappa shape index (κ1) is 14.0. The summed E-state index contributed by atoms with van der Waals surface area (Å²) in [5.74, 6) is -0.495. The van der Waals surface area contributed by atoms with Crippen LogP contribution in [-0.4, -0.2) is 55.4 Å². The first-order valence-electron chi connectivity index (χ1n) is 7.09. The van der Waals surface area contributed by atoms with Gasteiger partial charge in [-0.25, -0.2) is 13.2 Å². The van der Waals surface area contributed by atoms with Gasteiger partial charge in [0.05, 0.1) is 10.4 Å². The van der Waals surface area contributed by atoms with Crippen LogP contribution in [-0.2, 0) is 17.1 Å². The van der Waals surface area contributed by atoms with E-state index in [-0.39, 0.29) is 10.3 Å². The van der Waals surface area contributed by atoms with Crippen LogP contribution in [0, 0.1) is 5.41 Å². The molecule has 0 N–H and O–H groups in total. The third kappa shape index (κ3) is 1.81. The van der Waals surface area contributed by atoms with Crippen LogP contribution in [0.2, 0.25) is 0 Å². The molecule has 0 bridgehead atoms. The Hall–Kier alpha value is -1.64. The highest BCUT2D eigenvalue weighted by Crippen LogP contribution is 2.41. The number of aromatic nitrogens is 1. The number of nitrogens with zero attached hydrogens (tertiary/aromatic N) is 3. The molecule has 2 saturated heterocycles. The summed E-state index contributed by atoms with van der Waals surface area (Å²) in [6.45, 7) is 3.03. The third-order valence-corrected chi connectivity index (χ3v) is 6.42. The van der Waals surface area contributed by atoms with E-state index in [9.17, 15) is 13.2 Å². The van der Waals surface area contributed by atoms with Crippen molar-refractivity contribution >= 4 is 21.1 Å². The fraction of sp³-hybridized carbons (Fsp3) is 0.500. The highest BCUT2D eigenvalue weighted by molar-refractivity contribution is 7.89. The fourth-order valence-electron chi connectivity index (χ4n) is 3.59. The highest BCUT2D eigenvalue weighted by atomic mass is 32.2. The minimum atomic E-state index is -3.52. The standard InChI is InChI=1S/C14H17N3O4S/c1-15-6-14(7-15)8-17(9-14)22(19,20)10-3-4-11-12(5-10)21-13(18)16(11)2/h3-5H,6-9H2,1-2H3. The summed E-state index contributed by atoms with van der Waals surface area (Å²) in [7, 11) is 0.109. The Kier molecular flexibility index (Phi) is 2.68. The van der Waals surface area contributed by atoms with Crippen molar-refractivity contribution in [2.75, 3.05) is 33.2 Å². The molecule has 118 valence electrons. The molecule has 0 amide bonds. The molecule has 2 fully saturated rings. The summed E-state index contributed by atoms with van der Waals surface area (Å²) in [6, 6.07) is 4.58. The van der Waals surface area contributed by atoms with E-state index in [0.29, 0.717) is 24.2 Å². The molecule has 0 saturated carbocycles. The van der Waals surface area contributed by atoms with Crippen LogP contribution in [0.3, 0.4) is 0 Å². The molecule has 0 atom stereocenters. The van der Waals surface area contributed by atoms with Crippen LogP contribution >= 0.6 is 0 Å². The first-order chi connectivity index (χ1) is 10.3. The molecule has 2 aliphatic rings. The molecule has 8 heteroatoms.